The maximum atomic E-state index is 12.6. The molecule has 8 nitrogen and oxygen atoms in total. The van der Waals surface area contributed by atoms with Crippen LogP contribution in [0.15, 0.2) is 53.5 Å². The molecule has 4 aromatic rings. The van der Waals surface area contributed by atoms with Crippen LogP contribution < -0.4 is 10.9 Å². The molecule has 0 bridgehead atoms. The van der Waals surface area contributed by atoms with Crippen LogP contribution in [0.25, 0.3) is 16.6 Å². The minimum absolute atomic E-state index is 0.0538. The zero-order valence-electron chi connectivity index (χ0n) is 17.2. The number of aromatic nitrogens is 5. The van der Waals surface area contributed by atoms with Gasteiger partial charge in [-0.1, -0.05) is 18.2 Å². The first-order valence-electron chi connectivity index (χ1n) is 10.2. The molecule has 0 aliphatic heterocycles. The van der Waals surface area contributed by atoms with Crippen LogP contribution >= 0.6 is 11.8 Å². The Kier molecular flexibility index (Phi) is 6.61. The van der Waals surface area contributed by atoms with Gasteiger partial charge in [-0.05, 0) is 49.1 Å². The highest BCUT2D eigenvalue weighted by Gasteiger charge is 2.20. The van der Waals surface area contributed by atoms with Crippen molar-refractivity contribution in [1.82, 2.24) is 29.9 Å². The van der Waals surface area contributed by atoms with Crippen molar-refractivity contribution < 1.29 is 4.79 Å². The maximum Gasteiger partial charge on any atom is 0.258 e. The zero-order valence-corrected chi connectivity index (χ0v) is 18.1. The van der Waals surface area contributed by atoms with Crippen molar-refractivity contribution in [2.24, 2.45) is 0 Å². The Labute approximate surface area is 183 Å². The average Bonchev–Trinajstić information content (AvgIpc) is 3.21. The number of aryl methyl sites for hydroxylation is 1. The predicted molar refractivity (Wildman–Crippen MR) is 122 cm³/mol. The molecular weight excluding hydrogens is 412 g/mol. The molecule has 1 aromatic carbocycles. The number of nitrogens with zero attached hydrogens (tertiary/aromatic N) is 4. The summed E-state index contributed by atoms with van der Waals surface area (Å²) in [5.74, 6) is 2.17. The molecule has 31 heavy (non-hydrogen) atoms. The van der Waals surface area contributed by atoms with Crippen LogP contribution in [0.1, 0.15) is 37.0 Å². The van der Waals surface area contributed by atoms with Crippen molar-refractivity contribution in [3.05, 3.63) is 70.7 Å². The summed E-state index contributed by atoms with van der Waals surface area (Å²) in [4.78, 5) is 32.1. The molecule has 3 heterocycles. The number of pyridine rings is 1. The van der Waals surface area contributed by atoms with E-state index in [1.54, 1.807) is 17.8 Å². The SMILES string of the molecule is CSCCC(NC(=O)CCCc1nc2ccccc2c(=O)[nH]1)c1nnc2ccccn12. The second kappa shape index (κ2) is 9.74. The molecule has 1 amide bonds. The van der Waals surface area contributed by atoms with Gasteiger partial charge in [0, 0.05) is 19.0 Å². The number of rotatable bonds is 9. The standard InChI is InChI=1S/C22H24N6O2S/c1-31-14-12-17(21-27-26-19-10-4-5-13-28(19)21)24-20(29)11-6-9-18-23-16-8-3-2-7-15(16)22(30)25-18/h2-5,7-8,10,13,17H,6,9,11-12,14H2,1H3,(H,24,29)(H,23,25,30). The van der Waals surface area contributed by atoms with Crippen LogP contribution in [0.2, 0.25) is 0 Å². The number of para-hydroxylation sites is 1. The lowest BCUT2D eigenvalue weighted by Gasteiger charge is -2.17. The molecule has 0 fully saturated rings. The van der Waals surface area contributed by atoms with E-state index in [9.17, 15) is 9.59 Å². The van der Waals surface area contributed by atoms with Crippen molar-refractivity contribution in [3.63, 3.8) is 0 Å². The van der Waals surface area contributed by atoms with E-state index in [4.69, 9.17) is 0 Å². The number of hydrogen-bond donors (Lipinski definition) is 2. The lowest BCUT2D eigenvalue weighted by atomic mass is 10.1. The van der Waals surface area contributed by atoms with E-state index in [0.717, 1.165) is 23.6 Å². The normalized spacial score (nSPS) is 12.3. The van der Waals surface area contributed by atoms with Crippen LogP contribution in [0.3, 0.4) is 0 Å². The van der Waals surface area contributed by atoms with Crippen LogP contribution in [0.4, 0.5) is 0 Å². The first-order valence-corrected chi connectivity index (χ1v) is 11.6. The van der Waals surface area contributed by atoms with Gasteiger partial charge in [0.2, 0.25) is 5.91 Å². The van der Waals surface area contributed by atoms with Crippen molar-refractivity contribution >= 4 is 34.2 Å². The van der Waals surface area contributed by atoms with E-state index in [-0.39, 0.29) is 17.5 Å². The summed E-state index contributed by atoms with van der Waals surface area (Å²) in [5.41, 5.74) is 1.27. The Hall–Kier alpha value is -3.20. The van der Waals surface area contributed by atoms with Gasteiger partial charge in [0.05, 0.1) is 16.9 Å². The molecule has 1 unspecified atom stereocenters. The highest BCUT2D eigenvalue weighted by atomic mass is 32.2. The molecule has 0 radical (unpaired) electrons. The van der Waals surface area contributed by atoms with Gasteiger partial charge in [0.15, 0.2) is 11.5 Å². The number of H-pyrrole nitrogens is 1. The third-order valence-corrected chi connectivity index (χ3v) is 5.72. The minimum Gasteiger partial charge on any atom is -0.346 e. The summed E-state index contributed by atoms with van der Waals surface area (Å²) in [5, 5.41) is 12.2. The lowest BCUT2D eigenvalue weighted by molar-refractivity contribution is -0.122. The fraction of sp³-hybridized carbons (Fsp3) is 0.318. The summed E-state index contributed by atoms with van der Waals surface area (Å²) in [6, 6.07) is 12.8. The van der Waals surface area contributed by atoms with Gasteiger partial charge in [-0.2, -0.15) is 11.8 Å². The molecule has 2 N–H and O–H groups in total. The topological polar surface area (TPSA) is 105 Å². The third-order valence-electron chi connectivity index (χ3n) is 5.08. The van der Waals surface area contributed by atoms with E-state index in [2.05, 4.69) is 25.5 Å². The molecule has 4 rings (SSSR count). The second-order valence-electron chi connectivity index (χ2n) is 7.27. The maximum absolute atomic E-state index is 12.6. The molecule has 0 spiro atoms. The molecule has 0 saturated heterocycles. The summed E-state index contributed by atoms with van der Waals surface area (Å²) in [7, 11) is 0. The highest BCUT2D eigenvalue weighted by Crippen LogP contribution is 2.18. The lowest BCUT2D eigenvalue weighted by Crippen LogP contribution is -2.30. The largest absolute Gasteiger partial charge is 0.346 e. The number of thioether (sulfide) groups is 1. The van der Waals surface area contributed by atoms with E-state index < -0.39 is 0 Å². The quantitative estimate of drug-likeness (QED) is 0.418. The summed E-state index contributed by atoms with van der Waals surface area (Å²) in [6.45, 7) is 0. The van der Waals surface area contributed by atoms with E-state index in [1.165, 1.54) is 0 Å². The number of hydrogen-bond acceptors (Lipinski definition) is 6. The first-order chi connectivity index (χ1) is 15.2. The molecule has 0 saturated carbocycles. The Bertz CT molecular complexity index is 1250. The molecule has 3 aromatic heterocycles. The number of fused-ring (bicyclic) bond motifs is 2. The van der Waals surface area contributed by atoms with Crippen LogP contribution in [-0.4, -0.2) is 42.5 Å². The average molecular weight is 437 g/mol. The first kappa shape index (κ1) is 21.0. The molecule has 1 atom stereocenters. The van der Waals surface area contributed by atoms with Gasteiger partial charge in [0.25, 0.3) is 5.56 Å². The summed E-state index contributed by atoms with van der Waals surface area (Å²) >= 11 is 1.73. The van der Waals surface area contributed by atoms with Gasteiger partial charge >= 0.3 is 0 Å². The van der Waals surface area contributed by atoms with Gasteiger partial charge in [-0.25, -0.2) is 4.98 Å². The van der Waals surface area contributed by atoms with E-state index >= 15 is 0 Å². The molecule has 160 valence electrons. The van der Waals surface area contributed by atoms with Crippen molar-refractivity contribution in [2.45, 2.75) is 31.7 Å². The molecular formula is C22H24N6O2S. The number of carbonyl (C=O) groups is 1. The highest BCUT2D eigenvalue weighted by molar-refractivity contribution is 7.98. The molecule has 0 aliphatic rings. The second-order valence-corrected chi connectivity index (χ2v) is 8.26. The summed E-state index contributed by atoms with van der Waals surface area (Å²) < 4.78 is 1.91. The molecule has 0 aliphatic carbocycles. The van der Waals surface area contributed by atoms with E-state index in [0.29, 0.717) is 36.0 Å². The minimum atomic E-state index is -0.212. The van der Waals surface area contributed by atoms with Crippen LogP contribution in [0, 0.1) is 0 Å². The zero-order chi connectivity index (χ0) is 21.6. The van der Waals surface area contributed by atoms with Crippen molar-refractivity contribution in [3.8, 4) is 0 Å². The Morgan fingerprint density at radius 3 is 2.90 bits per heavy atom. The third kappa shape index (κ3) is 4.93. The van der Waals surface area contributed by atoms with Gasteiger partial charge in [-0.15, -0.1) is 10.2 Å². The van der Waals surface area contributed by atoms with Crippen LogP contribution in [0.5, 0.6) is 0 Å². The van der Waals surface area contributed by atoms with Gasteiger partial charge in [0.1, 0.15) is 5.82 Å². The number of aromatic amines is 1. The Morgan fingerprint density at radius 2 is 2.03 bits per heavy atom. The monoisotopic (exact) mass is 436 g/mol. The van der Waals surface area contributed by atoms with Gasteiger partial charge in [-0.3, -0.25) is 14.0 Å². The fourth-order valence-electron chi connectivity index (χ4n) is 3.54. The van der Waals surface area contributed by atoms with Gasteiger partial charge < -0.3 is 10.3 Å². The van der Waals surface area contributed by atoms with Crippen LogP contribution in [-0.2, 0) is 11.2 Å². The van der Waals surface area contributed by atoms with Crippen molar-refractivity contribution in [1.29, 1.82) is 0 Å². The summed E-state index contributed by atoms with van der Waals surface area (Å²) in [6.07, 6.45) is 6.16. The van der Waals surface area contributed by atoms with Crippen molar-refractivity contribution in [2.75, 3.05) is 12.0 Å². The molecule has 9 heteroatoms. The predicted octanol–water partition coefficient (Wildman–Crippen LogP) is 2.90. The number of amides is 1. The Balaban J connectivity index is 1.40. The Morgan fingerprint density at radius 1 is 1.19 bits per heavy atom. The number of nitrogens with one attached hydrogen (secondary N) is 2. The number of carbonyl (C=O) groups excluding carboxylic acids is 1. The fourth-order valence-corrected chi connectivity index (χ4v) is 4.01. The smallest absolute Gasteiger partial charge is 0.258 e. The number of benzene rings is 1. The van der Waals surface area contributed by atoms with E-state index in [1.807, 2.05) is 53.3 Å².